The lowest BCUT2D eigenvalue weighted by molar-refractivity contribution is 0.0302. The predicted molar refractivity (Wildman–Crippen MR) is 89.7 cm³/mol. The number of nitrogens with zero attached hydrogens (tertiary/aromatic N) is 1. The molecule has 0 saturated carbocycles. The molecule has 1 amide bonds. The van der Waals surface area contributed by atoms with E-state index >= 15 is 0 Å². The van der Waals surface area contributed by atoms with Gasteiger partial charge in [-0.2, -0.15) is 0 Å². The van der Waals surface area contributed by atoms with Crippen LogP contribution in [0.5, 0.6) is 11.5 Å². The topological polar surface area (TPSA) is 48.0 Å². The van der Waals surface area contributed by atoms with Crippen molar-refractivity contribution >= 4 is 17.5 Å². The van der Waals surface area contributed by atoms with Crippen LogP contribution in [0.3, 0.4) is 0 Å². The number of rotatable bonds is 6. The van der Waals surface area contributed by atoms with Gasteiger partial charge in [-0.1, -0.05) is 25.4 Å². The SMILES string of the molecule is COc1cc(C(=O)N2CCOCC2)cc(Cl)c1OCCC(C)C. The van der Waals surface area contributed by atoms with Crippen molar-refractivity contribution in [3.63, 3.8) is 0 Å². The fourth-order valence-corrected chi connectivity index (χ4v) is 2.59. The molecular weight excluding hydrogens is 318 g/mol. The lowest BCUT2D eigenvalue weighted by Gasteiger charge is -2.27. The van der Waals surface area contributed by atoms with Crippen LogP contribution in [-0.2, 0) is 4.74 Å². The van der Waals surface area contributed by atoms with E-state index in [1.165, 1.54) is 0 Å². The largest absolute Gasteiger partial charge is 0.493 e. The van der Waals surface area contributed by atoms with Gasteiger partial charge in [0.25, 0.3) is 5.91 Å². The molecule has 0 aromatic heterocycles. The Hall–Kier alpha value is -1.46. The molecule has 0 radical (unpaired) electrons. The first-order valence-corrected chi connectivity index (χ1v) is 8.28. The highest BCUT2D eigenvalue weighted by molar-refractivity contribution is 6.32. The summed E-state index contributed by atoms with van der Waals surface area (Å²) < 4.78 is 16.4. The molecule has 1 heterocycles. The van der Waals surface area contributed by atoms with Crippen LogP contribution in [0.1, 0.15) is 30.6 Å². The van der Waals surface area contributed by atoms with Crippen LogP contribution >= 0.6 is 11.6 Å². The number of halogens is 1. The minimum Gasteiger partial charge on any atom is -0.493 e. The van der Waals surface area contributed by atoms with Crippen LogP contribution in [0.15, 0.2) is 12.1 Å². The minimum atomic E-state index is -0.0674. The summed E-state index contributed by atoms with van der Waals surface area (Å²) in [7, 11) is 1.55. The van der Waals surface area contributed by atoms with Crippen LogP contribution in [0.2, 0.25) is 5.02 Å². The molecule has 23 heavy (non-hydrogen) atoms. The summed E-state index contributed by atoms with van der Waals surface area (Å²) in [5, 5.41) is 0.393. The van der Waals surface area contributed by atoms with Crippen LogP contribution in [0.25, 0.3) is 0 Å². The van der Waals surface area contributed by atoms with Gasteiger partial charge in [-0.3, -0.25) is 4.79 Å². The highest BCUT2D eigenvalue weighted by Crippen LogP contribution is 2.37. The van der Waals surface area contributed by atoms with E-state index in [0.29, 0.717) is 60.9 Å². The standard InChI is InChI=1S/C17H24ClNO4/c1-12(2)4-7-23-16-14(18)10-13(11-15(16)21-3)17(20)19-5-8-22-9-6-19/h10-12H,4-9H2,1-3H3. The number of benzene rings is 1. The van der Waals surface area contributed by atoms with E-state index in [1.807, 2.05) is 0 Å². The van der Waals surface area contributed by atoms with Crippen molar-refractivity contribution in [2.45, 2.75) is 20.3 Å². The Bertz CT molecular complexity index is 542. The molecule has 1 aromatic carbocycles. The average molecular weight is 342 g/mol. The summed E-state index contributed by atoms with van der Waals surface area (Å²) in [6.07, 6.45) is 0.925. The normalized spacial score (nSPS) is 14.9. The number of methoxy groups -OCH3 is 1. The van der Waals surface area contributed by atoms with Gasteiger partial charge in [-0.15, -0.1) is 0 Å². The summed E-state index contributed by atoms with van der Waals surface area (Å²) in [5.41, 5.74) is 0.505. The van der Waals surface area contributed by atoms with E-state index in [0.717, 1.165) is 6.42 Å². The molecule has 0 spiro atoms. The van der Waals surface area contributed by atoms with Gasteiger partial charge in [0.1, 0.15) is 0 Å². The second-order valence-corrected chi connectivity index (χ2v) is 6.33. The van der Waals surface area contributed by atoms with Crippen molar-refractivity contribution in [3.8, 4) is 11.5 Å². The van der Waals surface area contributed by atoms with Crippen LogP contribution < -0.4 is 9.47 Å². The average Bonchev–Trinajstić information content (AvgIpc) is 2.55. The van der Waals surface area contributed by atoms with Gasteiger partial charge >= 0.3 is 0 Å². The summed E-state index contributed by atoms with van der Waals surface area (Å²) in [5.74, 6) is 1.45. The Morgan fingerprint density at radius 3 is 2.65 bits per heavy atom. The zero-order chi connectivity index (χ0) is 16.8. The monoisotopic (exact) mass is 341 g/mol. The summed E-state index contributed by atoms with van der Waals surface area (Å²) in [4.78, 5) is 14.3. The second kappa shape index (κ2) is 8.41. The number of morpholine rings is 1. The quantitative estimate of drug-likeness (QED) is 0.797. The lowest BCUT2D eigenvalue weighted by atomic mass is 10.1. The molecule has 1 saturated heterocycles. The molecule has 1 fully saturated rings. The number of ether oxygens (including phenoxy) is 3. The maximum absolute atomic E-state index is 12.6. The van der Waals surface area contributed by atoms with Crippen molar-refractivity contribution in [1.82, 2.24) is 4.90 Å². The van der Waals surface area contributed by atoms with Gasteiger partial charge in [-0.25, -0.2) is 0 Å². The van der Waals surface area contributed by atoms with E-state index in [9.17, 15) is 4.79 Å². The molecule has 0 atom stereocenters. The van der Waals surface area contributed by atoms with E-state index in [1.54, 1.807) is 24.1 Å². The van der Waals surface area contributed by atoms with Crippen LogP contribution in [-0.4, -0.2) is 50.8 Å². The zero-order valence-corrected chi connectivity index (χ0v) is 14.7. The van der Waals surface area contributed by atoms with Gasteiger partial charge in [0, 0.05) is 18.7 Å². The maximum atomic E-state index is 12.6. The van der Waals surface area contributed by atoms with Crippen molar-refractivity contribution < 1.29 is 19.0 Å². The molecule has 6 heteroatoms. The number of hydrogen-bond acceptors (Lipinski definition) is 4. The van der Waals surface area contributed by atoms with Gasteiger partial charge in [0.15, 0.2) is 11.5 Å². The Morgan fingerprint density at radius 2 is 2.04 bits per heavy atom. The molecule has 0 N–H and O–H groups in total. The number of hydrogen-bond donors (Lipinski definition) is 0. The van der Waals surface area contributed by atoms with E-state index in [-0.39, 0.29) is 5.91 Å². The maximum Gasteiger partial charge on any atom is 0.254 e. The number of amides is 1. The number of carbonyl (C=O) groups excluding carboxylic acids is 1. The first-order chi connectivity index (χ1) is 11.0. The highest BCUT2D eigenvalue weighted by atomic mass is 35.5. The smallest absolute Gasteiger partial charge is 0.254 e. The Kier molecular flexibility index (Phi) is 6.54. The van der Waals surface area contributed by atoms with Gasteiger partial charge in [-0.05, 0) is 24.5 Å². The Labute approximate surface area is 142 Å². The van der Waals surface area contributed by atoms with Crippen molar-refractivity contribution in [2.24, 2.45) is 5.92 Å². The first kappa shape index (κ1) is 17.9. The molecule has 1 aliphatic rings. The summed E-state index contributed by atoms with van der Waals surface area (Å²) in [6.45, 7) is 7.12. The fourth-order valence-electron chi connectivity index (χ4n) is 2.33. The Balaban J connectivity index is 2.16. The molecule has 0 bridgehead atoms. The Morgan fingerprint density at radius 1 is 1.35 bits per heavy atom. The van der Waals surface area contributed by atoms with Crippen molar-refractivity contribution in [2.75, 3.05) is 40.0 Å². The zero-order valence-electron chi connectivity index (χ0n) is 13.9. The number of carbonyl (C=O) groups is 1. The van der Waals surface area contributed by atoms with Crippen LogP contribution in [0, 0.1) is 5.92 Å². The summed E-state index contributed by atoms with van der Waals surface area (Å²) >= 11 is 6.31. The van der Waals surface area contributed by atoms with Crippen LogP contribution in [0.4, 0.5) is 0 Å². The van der Waals surface area contributed by atoms with E-state index < -0.39 is 0 Å². The fraction of sp³-hybridized carbons (Fsp3) is 0.588. The third-order valence-corrected chi connectivity index (χ3v) is 4.00. The van der Waals surface area contributed by atoms with E-state index in [4.69, 9.17) is 25.8 Å². The minimum absolute atomic E-state index is 0.0674. The molecule has 0 aliphatic carbocycles. The van der Waals surface area contributed by atoms with Gasteiger partial charge in [0.05, 0.1) is 32.0 Å². The van der Waals surface area contributed by atoms with E-state index in [2.05, 4.69) is 13.8 Å². The molecule has 5 nitrogen and oxygen atoms in total. The predicted octanol–water partition coefficient (Wildman–Crippen LogP) is 3.25. The van der Waals surface area contributed by atoms with Crippen molar-refractivity contribution in [1.29, 1.82) is 0 Å². The highest BCUT2D eigenvalue weighted by Gasteiger charge is 2.22. The summed E-state index contributed by atoms with van der Waals surface area (Å²) in [6, 6.07) is 3.33. The van der Waals surface area contributed by atoms with Crippen molar-refractivity contribution in [3.05, 3.63) is 22.7 Å². The molecule has 2 rings (SSSR count). The third-order valence-electron chi connectivity index (χ3n) is 3.72. The third kappa shape index (κ3) is 4.75. The van der Waals surface area contributed by atoms with Gasteiger partial charge in [0.2, 0.25) is 0 Å². The lowest BCUT2D eigenvalue weighted by Crippen LogP contribution is -2.40. The molecule has 1 aliphatic heterocycles. The molecule has 1 aromatic rings. The molecular formula is C17H24ClNO4. The van der Waals surface area contributed by atoms with Gasteiger partial charge < -0.3 is 19.1 Å². The first-order valence-electron chi connectivity index (χ1n) is 7.90. The molecule has 0 unspecified atom stereocenters. The molecule has 128 valence electrons. The second-order valence-electron chi connectivity index (χ2n) is 5.93.